The van der Waals surface area contributed by atoms with Crippen LogP contribution < -0.4 is 4.90 Å². The predicted molar refractivity (Wildman–Crippen MR) is 103 cm³/mol. The van der Waals surface area contributed by atoms with Gasteiger partial charge >= 0.3 is 0 Å². The number of halogens is 1. The van der Waals surface area contributed by atoms with Crippen molar-refractivity contribution in [3.63, 3.8) is 0 Å². The maximum atomic E-state index is 15.0. The van der Waals surface area contributed by atoms with Gasteiger partial charge in [0.05, 0.1) is 13.2 Å². The number of nitrogens with zero attached hydrogens (tertiary/aromatic N) is 5. The lowest BCUT2D eigenvalue weighted by Crippen LogP contribution is -2.55. The summed E-state index contributed by atoms with van der Waals surface area (Å²) in [5.41, 5.74) is 0.922. The van der Waals surface area contributed by atoms with Crippen molar-refractivity contribution in [2.75, 3.05) is 57.4 Å². The third-order valence-corrected chi connectivity index (χ3v) is 7.01. The highest BCUT2D eigenvalue weighted by Crippen LogP contribution is 2.27. The molecule has 0 unspecified atom stereocenters. The molecule has 4 rings (SSSR count). The fourth-order valence-corrected chi connectivity index (χ4v) is 5.01. The second-order valence-corrected chi connectivity index (χ2v) is 8.56. The van der Waals surface area contributed by atoms with Crippen molar-refractivity contribution in [2.24, 2.45) is 0 Å². The van der Waals surface area contributed by atoms with Crippen molar-refractivity contribution < 1.29 is 17.5 Å². The number of aromatic nitrogens is 2. The monoisotopic (exact) mass is 407 g/mol. The lowest BCUT2D eigenvalue weighted by Gasteiger charge is -2.38. The Hall–Kier alpha value is -2.14. The molecule has 2 saturated heterocycles. The molecule has 150 valence electrons. The number of anilines is 1. The third-order valence-electron chi connectivity index (χ3n) is 4.98. The van der Waals surface area contributed by atoms with Crippen molar-refractivity contribution in [3.05, 3.63) is 42.5 Å². The molecule has 3 heterocycles. The minimum Gasteiger partial charge on any atom is -0.379 e. The van der Waals surface area contributed by atoms with Gasteiger partial charge in [-0.05, 0) is 0 Å². The first-order valence-corrected chi connectivity index (χ1v) is 10.6. The average molecular weight is 407 g/mol. The average Bonchev–Trinajstić information content (AvgIpc) is 2.75. The lowest BCUT2D eigenvalue weighted by molar-refractivity contribution is 0.0700. The Balaban J connectivity index is 1.48. The zero-order chi connectivity index (χ0) is 19.6. The van der Waals surface area contributed by atoms with Crippen LogP contribution in [0.15, 0.2) is 36.7 Å². The lowest BCUT2D eigenvalue weighted by atomic mass is 10.1. The summed E-state index contributed by atoms with van der Waals surface area (Å²) in [4.78, 5) is 9.96. The maximum absolute atomic E-state index is 15.0. The standard InChI is InChI=1S/C18H22FN5O3S/c19-16-17(15-4-2-1-3-5-15)20-14-21-18(16)22-6-8-23(9-7-22)28(25,26)24-10-12-27-13-11-24/h1-5,14H,6-13H2. The Kier molecular flexibility index (Phi) is 5.54. The predicted octanol–water partition coefficient (Wildman–Crippen LogP) is 0.982. The van der Waals surface area contributed by atoms with E-state index >= 15 is 4.39 Å². The zero-order valence-corrected chi connectivity index (χ0v) is 16.2. The Morgan fingerprint density at radius 2 is 1.54 bits per heavy atom. The van der Waals surface area contributed by atoms with E-state index in [1.165, 1.54) is 14.9 Å². The van der Waals surface area contributed by atoms with Crippen LogP contribution in [0.25, 0.3) is 11.3 Å². The van der Waals surface area contributed by atoms with E-state index in [0.717, 1.165) is 0 Å². The Bertz CT molecular complexity index is 914. The van der Waals surface area contributed by atoms with Gasteiger partial charge in [-0.2, -0.15) is 17.0 Å². The summed E-state index contributed by atoms with van der Waals surface area (Å²) in [6, 6.07) is 9.10. The van der Waals surface area contributed by atoms with Crippen LogP contribution in [0, 0.1) is 5.82 Å². The molecule has 0 bridgehead atoms. The fourth-order valence-electron chi connectivity index (χ4n) is 3.45. The highest BCUT2D eigenvalue weighted by molar-refractivity contribution is 7.86. The van der Waals surface area contributed by atoms with E-state index < -0.39 is 16.0 Å². The molecule has 8 nitrogen and oxygen atoms in total. The van der Waals surface area contributed by atoms with Crippen LogP contribution in [0.1, 0.15) is 0 Å². The minimum atomic E-state index is -3.52. The molecule has 0 aliphatic carbocycles. The van der Waals surface area contributed by atoms with Crippen LogP contribution in [0.2, 0.25) is 0 Å². The molecule has 2 fully saturated rings. The van der Waals surface area contributed by atoms with E-state index in [0.29, 0.717) is 45.0 Å². The molecule has 1 aromatic heterocycles. The summed E-state index contributed by atoms with van der Waals surface area (Å²) in [5, 5.41) is 0. The van der Waals surface area contributed by atoms with Crippen LogP contribution >= 0.6 is 0 Å². The highest BCUT2D eigenvalue weighted by atomic mass is 32.2. The van der Waals surface area contributed by atoms with E-state index in [2.05, 4.69) is 9.97 Å². The van der Waals surface area contributed by atoms with Gasteiger partial charge in [0, 0.05) is 44.8 Å². The van der Waals surface area contributed by atoms with Gasteiger partial charge in [0.1, 0.15) is 12.0 Å². The van der Waals surface area contributed by atoms with Gasteiger partial charge in [0.15, 0.2) is 11.6 Å². The van der Waals surface area contributed by atoms with Gasteiger partial charge in [-0.25, -0.2) is 14.4 Å². The summed E-state index contributed by atoms with van der Waals surface area (Å²) in [7, 11) is -3.52. The zero-order valence-electron chi connectivity index (χ0n) is 15.4. The minimum absolute atomic E-state index is 0.206. The maximum Gasteiger partial charge on any atom is 0.282 e. The van der Waals surface area contributed by atoms with Crippen LogP contribution in [0.3, 0.4) is 0 Å². The second-order valence-electron chi connectivity index (χ2n) is 6.63. The topological polar surface area (TPSA) is 78.9 Å². The van der Waals surface area contributed by atoms with Gasteiger partial charge < -0.3 is 9.64 Å². The van der Waals surface area contributed by atoms with Crippen LogP contribution in [-0.2, 0) is 14.9 Å². The molecule has 0 N–H and O–H groups in total. The van der Waals surface area contributed by atoms with E-state index in [-0.39, 0.29) is 24.6 Å². The number of rotatable bonds is 4. The molecule has 28 heavy (non-hydrogen) atoms. The SMILES string of the molecule is O=S(=O)(N1CCOCC1)N1CCN(c2ncnc(-c3ccccc3)c2F)CC1. The Morgan fingerprint density at radius 3 is 2.21 bits per heavy atom. The molecule has 1 aromatic carbocycles. The molecule has 2 aliphatic rings. The summed E-state index contributed by atoms with van der Waals surface area (Å²) < 4.78 is 48.7. The van der Waals surface area contributed by atoms with Gasteiger partial charge in [0.2, 0.25) is 0 Å². The molecule has 0 saturated carbocycles. The first-order valence-electron chi connectivity index (χ1n) is 9.21. The first kappa shape index (κ1) is 19.2. The molecule has 10 heteroatoms. The Morgan fingerprint density at radius 1 is 0.893 bits per heavy atom. The number of morpholine rings is 1. The highest BCUT2D eigenvalue weighted by Gasteiger charge is 2.34. The van der Waals surface area contributed by atoms with Crippen molar-refractivity contribution in [3.8, 4) is 11.3 Å². The van der Waals surface area contributed by atoms with Gasteiger partial charge in [-0.1, -0.05) is 30.3 Å². The van der Waals surface area contributed by atoms with Crippen LogP contribution in [-0.4, -0.2) is 79.5 Å². The molecule has 0 spiro atoms. The van der Waals surface area contributed by atoms with E-state index in [1.807, 2.05) is 18.2 Å². The van der Waals surface area contributed by atoms with Crippen molar-refractivity contribution in [1.29, 1.82) is 0 Å². The third kappa shape index (κ3) is 3.72. The molecular weight excluding hydrogens is 385 g/mol. The fraction of sp³-hybridized carbons (Fsp3) is 0.444. The van der Waals surface area contributed by atoms with Crippen molar-refractivity contribution in [1.82, 2.24) is 18.6 Å². The van der Waals surface area contributed by atoms with Gasteiger partial charge in [0.25, 0.3) is 10.2 Å². The van der Waals surface area contributed by atoms with Gasteiger partial charge in [-0.15, -0.1) is 0 Å². The number of benzene rings is 1. The molecule has 2 aliphatic heterocycles. The van der Waals surface area contributed by atoms with E-state index in [4.69, 9.17) is 4.74 Å². The smallest absolute Gasteiger partial charge is 0.282 e. The number of piperazine rings is 1. The molecular formula is C18H22FN5O3S. The van der Waals surface area contributed by atoms with Crippen LogP contribution in [0.5, 0.6) is 0 Å². The molecule has 0 radical (unpaired) electrons. The summed E-state index contributed by atoms with van der Waals surface area (Å²) in [5.74, 6) is -0.282. The number of hydrogen-bond donors (Lipinski definition) is 0. The summed E-state index contributed by atoms with van der Waals surface area (Å²) >= 11 is 0. The largest absolute Gasteiger partial charge is 0.379 e. The first-order chi connectivity index (χ1) is 13.6. The van der Waals surface area contributed by atoms with Gasteiger partial charge in [-0.3, -0.25) is 0 Å². The van der Waals surface area contributed by atoms with E-state index in [9.17, 15) is 8.42 Å². The second kappa shape index (κ2) is 8.08. The molecule has 2 aromatic rings. The molecule has 0 atom stereocenters. The Labute approximate surface area is 163 Å². The van der Waals surface area contributed by atoms with Crippen LogP contribution in [0.4, 0.5) is 10.2 Å². The summed E-state index contributed by atoms with van der Waals surface area (Å²) in [6.07, 6.45) is 1.34. The van der Waals surface area contributed by atoms with E-state index in [1.54, 1.807) is 17.0 Å². The number of hydrogen-bond acceptors (Lipinski definition) is 6. The molecule has 0 amide bonds. The normalized spacial score (nSPS) is 19.7. The quantitative estimate of drug-likeness (QED) is 0.752. The van der Waals surface area contributed by atoms with Crippen molar-refractivity contribution >= 4 is 16.0 Å². The number of ether oxygens (including phenoxy) is 1. The van der Waals surface area contributed by atoms with Crippen molar-refractivity contribution in [2.45, 2.75) is 0 Å². The summed E-state index contributed by atoms with van der Waals surface area (Å²) in [6.45, 7) is 2.85.